The van der Waals surface area contributed by atoms with E-state index in [9.17, 15) is 9.59 Å². The molecule has 156 valence electrons. The van der Waals surface area contributed by atoms with Gasteiger partial charge in [0.05, 0.1) is 17.3 Å². The topological polar surface area (TPSA) is 70.5 Å². The van der Waals surface area contributed by atoms with Crippen molar-refractivity contribution in [3.05, 3.63) is 41.7 Å². The molecular weight excluding hydrogens is 366 g/mol. The predicted octanol–water partition coefficient (Wildman–Crippen LogP) is 3.60. The number of anilines is 1. The zero-order valence-electron chi connectivity index (χ0n) is 17.8. The second kappa shape index (κ2) is 9.11. The Hall–Kier alpha value is -2.83. The summed E-state index contributed by atoms with van der Waals surface area (Å²) < 4.78 is 1.87. The molecule has 3 rings (SSSR count). The molecule has 1 aromatic carbocycles. The van der Waals surface area contributed by atoms with E-state index in [0.29, 0.717) is 26.2 Å². The fraction of sp³-hybridized carbons (Fsp3) is 0.500. The second-order valence-electron chi connectivity index (χ2n) is 7.62. The van der Waals surface area contributed by atoms with Crippen molar-refractivity contribution in [3.8, 4) is 5.69 Å². The van der Waals surface area contributed by atoms with E-state index < -0.39 is 0 Å². The number of carbonyl (C=O) groups is 2. The maximum Gasteiger partial charge on any atom is 0.320 e. The number of piperidine rings is 1. The highest BCUT2D eigenvalue weighted by atomic mass is 16.2. The average Bonchev–Trinajstić information content (AvgIpc) is 3.07. The molecule has 1 N–H and O–H groups in total. The molecule has 7 heteroatoms. The van der Waals surface area contributed by atoms with Gasteiger partial charge in [-0.2, -0.15) is 5.10 Å². The minimum absolute atomic E-state index is 0.0269. The molecular formula is C22H31N5O2. The van der Waals surface area contributed by atoms with Gasteiger partial charge in [-0.15, -0.1) is 0 Å². The van der Waals surface area contributed by atoms with E-state index in [0.717, 1.165) is 35.6 Å². The van der Waals surface area contributed by atoms with Gasteiger partial charge in [0.25, 0.3) is 0 Å². The Kier molecular flexibility index (Phi) is 6.56. The van der Waals surface area contributed by atoms with Crippen LogP contribution in [0, 0.1) is 19.8 Å². The number of nitrogens with one attached hydrogen (secondary N) is 1. The Morgan fingerprint density at radius 3 is 2.62 bits per heavy atom. The summed E-state index contributed by atoms with van der Waals surface area (Å²) in [5, 5.41) is 7.54. The molecule has 2 heterocycles. The Morgan fingerprint density at radius 2 is 1.97 bits per heavy atom. The normalized spacial score (nSPS) is 16.6. The third kappa shape index (κ3) is 4.78. The first kappa shape index (κ1) is 20.9. The monoisotopic (exact) mass is 397 g/mol. The molecule has 0 aliphatic carbocycles. The largest absolute Gasteiger partial charge is 0.326 e. The number of likely N-dealkylation sites (tertiary alicyclic amines) is 1. The molecule has 0 saturated carbocycles. The standard InChI is InChI=1S/C22H31N5O2/c1-5-25(6-2)22(29)26-12-8-9-18(15-26)21(28)23-19-10-7-11-20(14-19)27-17(4)13-16(3)24-27/h7,10-11,13-14,18H,5-6,8-9,12,15H2,1-4H3,(H,23,28)/t18-/m1/s1. The molecule has 29 heavy (non-hydrogen) atoms. The quantitative estimate of drug-likeness (QED) is 0.838. The maximum absolute atomic E-state index is 12.9. The van der Waals surface area contributed by atoms with Crippen molar-refractivity contribution in [2.45, 2.75) is 40.5 Å². The van der Waals surface area contributed by atoms with Crippen LogP contribution in [-0.4, -0.2) is 57.7 Å². The summed E-state index contributed by atoms with van der Waals surface area (Å²) >= 11 is 0. The highest BCUT2D eigenvalue weighted by Crippen LogP contribution is 2.22. The van der Waals surface area contributed by atoms with E-state index in [1.165, 1.54) is 0 Å². The molecule has 1 fully saturated rings. The van der Waals surface area contributed by atoms with E-state index in [4.69, 9.17) is 0 Å². The van der Waals surface area contributed by atoms with Crippen LogP contribution in [0.1, 0.15) is 38.1 Å². The van der Waals surface area contributed by atoms with Crippen molar-refractivity contribution in [1.82, 2.24) is 19.6 Å². The summed E-state index contributed by atoms with van der Waals surface area (Å²) in [5.41, 5.74) is 3.66. The van der Waals surface area contributed by atoms with Crippen LogP contribution < -0.4 is 5.32 Å². The molecule has 1 saturated heterocycles. The first-order valence-electron chi connectivity index (χ1n) is 10.4. The number of benzene rings is 1. The molecule has 2 aromatic rings. The van der Waals surface area contributed by atoms with E-state index >= 15 is 0 Å². The lowest BCUT2D eigenvalue weighted by Gasteiger charge is -2.35. The van der Waals surface area contributed by atoms with Gasteiger partial charge in [-0.1, -0.05) is 6.07 Å². The number of rotatable bonds is 5. The number of hydrogen-bond acceptors (Lipinski definition) is 3. The molecule has 0 unspecified atom stereocenters. The Bertz CT molecular complexity index is 872. The fourth-order valence-corrected chi connectivity index (χ4v) is 3.91. The number of carbonyl (C=O) groups excluding carboxylic acids is 2. The van der Waals surface area contributed by atoms with Gasteiger partial charge in [0.2, 0.25) is 5.91 Å². The molecule has 1 aromatic heterocycles. The van der Waals surface area contributed by atoms with Crippen LogP contribution in [0.25, 0.3) is 5.69 Å². The fourth-order valence-electron chi connectivity index (χ4n) is 3.91. The number of urea groups is 1. The van der Waals surface area contributed by atoms with Crippen molar-refractivity contribution in [2.24, 2.45) is 5.92 Å². The van der Waals surface area contributed by atoms with E-state index in [1.54, 1.807) is 4.90 Å². The lowest BCUT2D eigenvalue weighted by atomic mass is 9.97. The molecule has 1 atom stereocenters. The molecule has 0 radical (unpaired) electrons. The van der Waals surface area contributed by atoms with Crippen LogP contribution in [-0.2, 0) is 4.79 Å². The van der Waals surface area contributed by atoms with Gasteiger partial charge >= 0.3 is 6.03 Å². The third-order valence-electron chi connectivity index (χ3n) is 5.46. The second-order valence-corrected chi connectivity index (χ2v) is 7.62. The SMILES string of the molecule is CCN(CC)C(=O)N1CCC[C@@H](C(=O)Nc2cccc(-n3nc(C)cc3C)c2)C1. The van der Waals surface area contributed by atoms with Crippen LogP contribution in [0.2, 0.25) is 0 Å². The summed E-state index contributed by atoms with van der Waals surface area (Å²) in [6, 6.07) is 9.75. The van der Waals surface area contributed by atoms with E-state index in [2.05, 4.69) is 10.4 Å². The van der Waals surface area contributed by atoms with E-state index in [1.807, 2.05) is 67.6 Å². The highest BCUT2D eigenvalue weighted by Gasteiger charge is 2.30. The zero-order chi connectivity index (χ0) is 21.0. The summed E-state index contributed by atoms with van der Waals surface area (Å²) in [4.78, 5) is 29.1. The van der Waals surface area contributed by atoms with Gasteiger partial charge in [0.1, 0.15) is 0 Å². The Morgan fingerprint density at radius 1 is 1.21 bits per heavy atom. The maximum atomic E-state index is 12.9. The lowest BCUT2D eigenvalue weighted by Crippen LogP contribution is -2.49. The molecule has 1 aliphatic rings. The highest BCUT2D eigenvalue weighted by molar-refractivity contribution is 5.93. The third-order valence-corrected chi connectivity index (χ3v) is 5.46. The van der Waals surface area contributed by atoms with Crippen LogP contribution in [0.4, 0.5) is 10.5 Å². The Labute approximate surface area is 172 Å². The zero-order valence-corrected chi connectivity index (χ0v) is 17.8. The van der Waals surface area contributed by atoms with Crippen molar-refractivity contribution in [3.63, 3.8) is 0 Å². The Balaban J connectivity index is 1.68. The van der Waals surface area contributed by atoms with Crippen LogP contribution in [0.15, 0.2) is 30.3 Å². The number of hydrogen-bond donors (Lipinski definition) is 1. The predicted molar refractivity (Wildman–Crippen MR) is 114 cm³/mol. The van der Waals surface area contributed by atoms with Gasteiger partial charge in [-0.25, -0.2) is 9.48 Å². The summed E-state index contributed by atoms with van der Waals surface area (Å²) in [5.74, 6) is -0.229. The number of amides is 3. The minimum Gasteiger partial charge on any atom is -0.326 e. The summed E-state index contributed by atoms with van der Waals surface area (Å²) in [6.45, 7) is 10.5. The number of nitrogens with zero attached hydrogens (tertiary/aromatic N) is 4. The van der Waals surface area contributed by atoms with Gasteiger partial charge in [0.15, 0.2) is 0 Å². The number of aromatic nitrogens is 2. The van der Waals surface area contributed by atoms with Crippen LogP contribution in [0.3, 0.4) is 0 Å². The van der Waals surface area contributed by atoms with Crippen molar-refractivity contribution >= 4 is 17.6 Å². The van der Waals surface area contributed by atoms with Gasteiger partial charge in [-0.3, -0.25) is 4.79 Å². The lowest BCUT2D eigenvalue weighted by molar-refractivity contribution is -0.121. The molecule has 3 amide bonds. The average molecular weight is 398 g/mol. The van der Waals surface area contributed by atoms with Crippen molar-refractivity contribution in [1.29, 1.82) is 0 Å². The first-order valence-corrected chi connectivity index (χ1v) is 10.4. The first-order chi connectivity index (χ1) is 13.9. The summed E-state index contributed by atoms with van der Waals surface area (Å²) in [7, 11) is 0. The molecule has 1 aliphatic heterocycles. The van der Waals surface area contributed by atoms with Gasteiger partial charge < -0.3 is 15.1 Å². The number of aryl methyl sites for hydroxylation is 2. The van der Waals surface area contributed by atoms with Crippen LogP contribution in [0.5, 0.6) is 0 Å². The van der Waals surface area contributed by atoms with Crippen molar-refractivity contribution in [2.75, 3.05) is 31.5 Å². The van der Waals surface area contributed by atoms with Gasteiger partial charge in [-0.05, 0) is 64.8 Å². The summed E-state index contributed by atoms with van der Waals surface area (Å²) in [6.07, 6.45) is 1.64. The van der Waals surface area contributed by atoms with Crippen LogP contribution >= 0.6 is 0 Å². The molecule has 0 bridgehead atoms. The molecule has 7 nitrogen and oxygen atoms in total. The smallest absolute Gasteiger partial charge is 0.320 e. The van der Waals surface area contributed by atoms with Crippen molar-refractivity contribution < 1.29 is 9.59 Å². The molecule has 0 spiro atoms. The minimum atomic E-state index is -0.194. The van der Waals surface area contributed by atoms with Gasteiger partial charge in [0, 0.05) is 37.6 Å². The van der Waals surface area contributed by atoms with E-state index in [-0.39, 0.29) is 17.9 Å².